The zero-order chi connectivity index (χ0) is 15.7. The van der Waals surface area contributed by atoms with Crippen LogP contribution in [0.3, 0.4) is 0 Å². The second-order valence-electron chi connectivity index (χ2n) is 5.11. The summed E-state index contributed by atoms with van der Waals surface area (Å²) in [5, 5.41) is 12.5. The van der Waals surface area contributed by atoms with Crippen LogP contribution in [-0.2, 0) is 4.79 Å². The molecular weight excluding hydrogens is 286 g/mol. The number of amides is 2. The molecule has 0 aliphatic carbocycles. The third-order valence-corrected chi connectivity index (χ3v) is 3.73. The number of rotatable bonds is 2. The number of nitrogens with two attached hydrogens (primary N) is 1. The first-order chi connectivity index (χ1) is 10.6. The molecule has 1 aromatic carbocycles. The average Bonchev–Trinajstić information content (AvgIpc) is 2.98. The SMILES string of the molecule is Nc1ncnc2ccc(NC(=O)[C@@H]3CCCN3C(=O)O)cc12. The molecule has 1 aliphatic heterocycles. The standard InChI is InChI=1S/C14H15N5O3/c15-12-9-6-8(3-4-10(9)16-7-17-12)18-13(20)11-2-1-5-19(11)14(21)22/h3-4,6-7,11H,1-2,5H2,(H,18,20)(H,21,22)(H2,15,16,17)/t11-/m0/s1. The van der Waals surface area contributed by atoms with Crippen molar-refractivity contribution < 1.29 is 14.7 Å². The zero-order valence-electron chi connectivity index (χ0n) is 11.7. The molecule has 1 saturated heterocycles. The smallest absolute Gasteiger partial charge is 0.407 e. The molecule has 114 valence electrons. The van der Waals surface area contributed by atoms with E-state index >= 15 is 0 Å². The molecule has 22 heavy (non-hydrogen) atoms. The minimum Gasteiger partial charge on any atom is -0.465 e. The minimum absolute atomic E-state index is 0.328. The Morgan fingerprint density at radius 3 is 2.95 bits per heavy atom. The zero-order valence-corrected chi connectivity index (χ0v) is 11.7. The monoisotopic (exact) mass is 301 g/mol. The summed E-state index contributed by atoms with van der Waals surface area (Å²) in [7, 11) is 0. The molecule has 1 fully saturated rings. The molecule has 0 radical (unpaired) electrons. The molecule has 2 amide bonds. The van der Waals surface area contributed by atoms with Gasteiger partial charge in [0.1, 0.15) is 18.2 Å². The van der Waals surface area contributed by atoms with Gasteiger partial charge in [-0.25, -0.2) is 14.8 Å². The molecule has 1 atom stereocenters. The Morgan fingerprint density at radius 1 is 1.36 bits per heavy atom. The molecule has 8 heteroatoms. The number of carboxylic acid groups (broad SMARTS) is 1. The van der Waals surface area contributed by atoms with Gasteiger partial charge in [0.2, 0.25) is 5.91 Å². The van der Waals surface area contributed by atoms with Crippen molar-refractivity contribution >= 4 is 34.4 Å². The lowest BCUT2D eigenvalue weighted by molar-refractivity contribution is -0.119. The number of nitrogens with one attached hydrogen (secondary N) is 1. The van der Waals surface area contributed by atoms with Crippen LogP contribution >= 0.6 is 0 Å². The van der Waals surface area contributed by atoms with Crippen LogP contribution in [0.15, 0.2) is 24.5 Å². The van der Waals surface area contributed by atoms with Gasteiger partial charge in [-0.3, -0.25) is 9.69 Å². The molecule has 3 rings (SSSR count). The summed E-state index contributed by atoms with van der Waals surface area (Å²) in [5.41, 5.74) is 7.01. The van der Waals surface area contributed by atoms with E-state index in [-0.39, 0.29) is 5.91 Å². The Kier molecular flexibility index (Phi) is 3.50. The number of likely N-dealkylation sites (tertiary alicyclic amines) is 1. The van der Waals surface area contributed by atoms with Crippen LogP contribution in [0.5, 0.6) is 0 Å². The number of anilines is 2. The van der Waals surface area contributed by atoms with Crippen molar-refractivity contribution in [3.63, 3.8) is 0 Å². The van der Waals surface area contributed by atoms with Gasteiger partial charge in [-0.1, -0.05) is 0 Å². The van der Waals surface area contributed by atoms with Gasteiger partial charge in [0, 0.05) is 17.6 Å². The van der Waals surface area contributed by atoms with Crippen LogP contribution in [0.25, 0.3) is 10.9 Å². The maximum atomic E-state index is 12.3. The normalized spacial score (nSPS) is 17.6. The molecule has 0 spiro atoms. The van der Waals surface area contributed by atoms with Crippen LogP contribution in [0, 0.1) is 0 Å². The van der Waals surface area contributed by atoms with E-state index < -0.39 is 12.1 Å². The van der Waals surface area contributed by atoms with Gasteiger partial charge < -0.3 is 16.2 Å². The van der Waals surface area contributed by atoms with Gasteiger partial charge in [0.15, 0.2) is 0 Å². The second kappa shape index (κ2) is 5.47. The molecular formula is C14H15N5O3. The summed E-state index contributed by atoms with van der Waals surface area (Å²) < 4.78 is 0. The molecule has 0 saturated carbocycles. The number of benzene rings is 1. The van der Waals surface area contributed by atoms with E-state index in [1.807, 2.05) is 0 Å². The summed E-state index contributed by atoms with van der Waals surface area (Å²) in [4.78, 5) is 32.5. The first-order valence-corrected chi connectivity index (χ1v) is 6.87. The van der Waals surface area contributed by atoms with Crippen molar-refractivity contribution in [1.29, 1.82) is 0 Å². The number of carbonyl (C=O) groups excluding carboxylic acids is 1. The molecule has 4 N–H and O–H groups in total. The van der Waals surface area contributed by atoms with E-state index in [4.69, 9.17) is 10.8 Å². The number of hydrogen-bond donors (Lipinski definition) is 3. The topological polar surface area (TPSA) is 121 Å². The maximum Gasteiger partial charge on any atom is 0.407 e. The first kappa shape index (κ1) is 14.1. The third-order valence-electron chi connectivity index (χ3n) is 3.73. The van der Waals surface area contributed by atoms with Crippen LogP contribution in [0.2, 0.25) is 0 Å². The highest BCUT2D eigenvalue weighted by molar-refractivity contribution is 5.99. The molecule has 8 nitrogen and oxygen atoms in total. The van der Waals surface area contributed by atoms with Crippen molar-refractivity contribution in [1.82, 2.24) is 14.9 Å². The molecule has 1 aliphatic rings. The van der Waals surface area contributed by atoms with Gasteiger partial charge in [-0.2, -0.15) is 0 Å². The lowest BCUT2D eigenvalue weighted by Gasteiger charge is -2.20. The number of fused-ring (bicyclic) bond motifs is 1. The van der Waals surface area contributed by atoms with Crippen LogP contribution in [0.1, 0.15) is 12.8 Å². The van der Waals surface area contributed by atoms with Gasteiger partial charge in [0.25, 0.3) is 0 Å². The van der Waals surface area contributed by atoms with Gasteiger partial charge in [-0.05, 0) is 31.0 Å². The fraction of sp³-hybridized carbons (Fsp3) is 0.286. The molecule has 0 bridgehead atoms. The average molecular weight is 301 g/mol. The van der Waals surface area contributed by atoms with Crippen LogP contribution in [0.4, 0.5) is 16.3 Å². The Hall–Kier alpha value is -2.90. The predicted molar refractivity (Wildman–Crippen MR) is 80.3 cm³/mol. The minimum atomic E-state index is -1.08. The molecule has 1 aromatic heterocycles. The first-order valence-electron chi connectivity index (χ1n) is 6.87. The Balaban J connectivity index is 1.82. The number of aromatic nitrogens is 2. The molecule has 2 aromatic rings. The van der Waals surface area contributed by atoms with Crippen molar-refractivity contribution in [2.75, 3.05) is 17.6 Å². The van der Waals surface area contributed by atoms with E-state index in [1.54, 1.807) is 18.2 Å². The van der Waals surface area contributed by atoms with Crippen LogP contribution < -0.4 is 11.1 Å². The lowest BCUT2D eigenvalue weighted by atomic mass is 10.1. The van der Waals surface area contributed by atoms with Gasteiger partial charge in [0.05, 0.1) is 5.52 Å². The summed E-state index contributed by atoms with van der Waals surface area (Å²) >= 11 is 0. The Bertz CT molecular complexity index is 748. The van der Waals surface area contributed by atoms with Crippen molar-refractivity contribution in [2.45, 2.75) is 18.9 Å². The van der Waals surface area contributed by atoms with Crippen molar-refractivity contribution in [3.05, 3.63) is 24.5 Å². The molecule has 2 heterocycles. The fourth-order valence-electron chi connectivity index (χ4n) is 2.65. The van der Waals surface area contributed by atoms with Crippen LogP contribution in [-0.4, -0.2) is 44.6 Å². The number of hydrogen-bond acceptors (Lipinski definition) is 5. The second-order valence-corrected chi connectivity index (χ2v) is 5.11. The Morgan fingerprint density at radius 2 is 2.18 bits per heavy atom. The van der Waals surface area contributed by atoms with Gasteiger partial charge in [-0.15, -0.1) is 0 Å². The molecule has 0 unspecified atom stereocenters. The maximum absolute atomic E-state index is 12.3. The fourth-order valence-corrected chi connectivity index (χ4v) is 2.65. The highest BCUT2D eigenvalue weighted by atomic mass is 16.4. The highest BCUT2D eigenvalue weighted by Gasteiger charge is 2.34. The Labute approximate surface area is 126 Å². The van der Waals surface area contributed by atoms with Gasteiger partial charge >= 0.3 is 6.09 Å². The predicted octanol–water partition coefficient (Wildman–Crippen LogP) is 1.29. The number of carbonyl (C=O) groups is 2. The van der Waals surface area contributed by atoms with E-state index in [0.29, 0.717) is 41.8 Å². The largest absolute Gasteiger partial charge is 0.465 e. The van der Waals surface area contributed by atoms with E-state index in [2.05, 4.69) is 15.3 Å². The van der Waals surface area contributed by atoms with Crippen molar-refractivity contribution in [2.24, 2.45) is 0 Å². The summed E-state index contributed by atoms with van der Waals surface area (Å²) in [6.07, 6.45) is 1.51. The van der Waals surface area contributed by atoms with E-state index in [0.717, 1.165) is 4.90 Å². The van der Waals surface area contributed by atoms with Crippen molar-refractivity contribution in [3.8, 4) is 0 Å². The highest BCUT2D eigenvalue weighted by Crippen LogP contribution is 2.23. The van der Waals surface area contributed by atoms with E-state index in [1.165, 1.54) is 6.33 Å². The summed E-state index contributed by atoms with van der Waals surface area (Å²) in [6.45, 7) is 0.381. The third kappa shape index (κ3) is 2.50. The quantitative estimate of drug-likeness (QED) is 0.768. The number of nitrogens with zero attached hydrogens (tertiary/aromatic N) is 3. The summed E-state index contributed by atoms with van der Waals surface area (Å²) in [5.74, 6) is -0.0104. The number of nitrogen functional groups attached to an aromatic ring is 1. The van der Waals surface area contributed by atoms with E-state index in [9.17, 15) is 9.59 Å². The lowest BCUT2D eigenvalue weighted by Crippen LogP contribution is -2.42. The summed E-state index contributed by atoms with van der Waals surface area (Å²) in [6, 6.07) is 4.46.